The Bertz CT molecular complexity index is 933. The van der Waals surface area contributed by atoms with Gasteiger partial charge in [-0.2, -0.15) is 0 Å². The Labute approximate surface area is 104 Å². The minimum absolute atomic E-state index is 0.0886. The highest BCUT2D eigenvalue weighted by Crippen LogP contribution is 2.22. The van der Waals surface area contributed by atoms with Crippen molar-refractivity contribution in [1.29, 1.82) is 0 Å². The molecular formula is C17H10O. The van der Waals surface area contributed by atoms with Gasteiger partial charge in [0.2, 0.25) is 0 Å². The summed E-state index contributed by atoms with van der Waals surface area (Å²) in [6.07, 6.45) is 3.43. The predicted molar refractivity (Wildman–Crippen MR) is 74.6 cm³/mol. The highest BCUT2D eigenvalue weighted by Gasteiger charge is 2.06. The highest BCUT2D eigenvalue weighted by molar-refractivity contribution is 6.27. The number of hydrogen-bond donors (Lipinski definition) is 0. The summed E-state index contributed by atoms with van der Waals surface area (Å²) in [6, 6.07) is 16.7. The van der Waals surface area contributed by atoms with Crippen LogP contribution >= 0.6 is 0 Å². The number of benzene rings is 3. The number of ketones is 1. The van der Waals surface area contributed by atoms with E-state index in [-0.39, 0.29) is 5.78 Å². The SMILES string of the molecule is O=C1C=c2ccc3c(ccc4ccccc43)c2=C1. The van der Waals surface area contributed by atoms with Crippen LogP contribution in [0.2, 0.25) is 0 Å². The summed E-state index contributed by atoms with van der Waals surface area (Å²) in [5, 5.41) is 6.94. The third-order valence-corrected chi connectivity index (χ3v) is 3.59. The zero-order chi connectivity index (χ0) is 12.1. The van der Waals surface area contributed by atoms with Crippen molar-refractivity contribution < 1.29 is 4.79 Å². The van der Waals surface area contributed by atoms with Crippen molar-refractivity contribution >= 4 is 39.5 Å². The largest absolute Gasteiger partial charge is 0.290 e. The van der Waals surface area contributed by atoms with Crippen molar-refractivity contribution in [2.24, 2.45) is 0 Å². The van der Waals surface area contributed by atoms with E-state index in [1.807, 2.05) is 12.1 Å². The highest BCUT2D eigenvalue weighted by atomic mass is 16.1. The van der Waals surface area contributed by atoms with Crippen LogP contribution in [0.5, 0.6) is 0 Å². The maximum Gasteiger partial charge on any atom is 0.179 e. The van der Waals surface area contributed by atoms with Crippen molar-refractivity contribution in [3.05, 3.63) is 59.0 Å². The van der Waals surface area contributed by atoms with Gasteiger partial charge in [0.25, 0.3) is 0 Å². The lowest BCUT2D eigenvalue weighted by molar-refractivity contribution is -0.107. The number of hydrogen-bond acceptors (Lipinski definition) is 1. The number of carbonyl (C=O) groups is 1. The third-order valence-electron chi connectivity index (χ3n) is 3.59. The van der Waals surface area contributed by atoms with Gasteiger partial charge in [-0.15, -0.1) is 0 Å². The Morgan fingerprint density at radius 3 is 2.44 bits per heavy atom. The van der Waals surface area contributed by atoms with E-state index in [4.69, 9.17) is 0 Å². The molecule has 0 amide bonds. The summed E-state index contributed by atoms with van der Waals surface area (Å²) in [4.78, 5) is 11.5. The van der Waals surface area contributed by atoms with E-state index < -0.39 is 0 Å². The smallest absolute Gasteiger partial charge is 0.179 e. The van der Waals surface area contributed by atoms with Crippen LogP contribution in [0.25, 0.3) is 33.7 Å². The van der Waals surface area contributed by atoms with Crippen LogP contribution in [0, 0.1) is 0 Å². The van der Waals surface area contributed by atoms with Gasteiger partial charge in [0, 0.05) is 0 Å². The van der Waals surface area contributed by atoms with Gasteiger partial charge in [-0.3, -0.25) is 4.79 Å². The second kappa shape index (κ2) is 3.30. The first-order valence-corrected chi connectivity index (χ1v) is 6.01. The summed E-state index contributed by atoms with van der Waals surface area (Å²) >= 11 is 0. The molecule has 0 aromatic heterocycles. The summed E-state index contributed by atoms with van der Waals surface area (Å²) in [5.41, 5.74) is 0. The van der Waals surface area contributed by atoms with E-state index >= 15 is 0 Å². The lowest BCUT2D eigenvalue weighted by Gasteiger charge is -2.03. The summed E-state index contributed by atoms with van der Waals surface area (Å²) in [5.74, 6) is 0.0886. The van der Waals surface area contributed by atoms with Crippen molar-refractivity contribution in [2.45, 2.75) is 0 Å². The number of rotatable bonds is 0. The van der Waals surface area contributed by atoms with Crippen molar-refractivity contribution in [3.63, 3.8) is 0 Å². The first-order chi connectivity index (χ1) is 8.83. The molecule has 0 heterocycles. The molecule has 0 saturated carbocycles. The molecule has 0 radical (unpaired) electrons. The molecule has 3 aromatic rings. The average Bonchev–Trinajstić information content (AvgIpc) is 2.79. The van der Waals surface area contributed by atoms with Gasteiger partial charge in [0.05, 0.1) is 0 Å². The van der Waals surface area contributed by atoms with Crippen LogP contribution in [0.15, 0.2) is 48.5 Å². The predicted octanol–water partition coefficient (Wildman–Crippen LogP) is 2.14. The number of carbonyl (C=O) groups excluding carboxylic acids is 1. The molecule has 1 aliphatic rings. The molecule has 0 bridgehead atoms. The maximum atomic E-state index is 11.5. The molecule has 84 valence electrons. The van der Waals surface area contributed by atoms with Gasteiger partial charge in [0.15, 0.2) is 5.78 Å². The van der Waals surface area contributed by atoms with Gasteiger partial charge in [-0.25, -0.2) is 0 Å². The minimum atomic E-state index is 0.0886. The van der Waals surface area contributed by atoms with Crippen LogP contribution in [-0.2, 0) is 4.79 Å². The Morgan fingerprint density at radius 2 is 1.50 bits per heavy atom. The van der Waals surface area contributed by atoms with Crippen molar-refractivity contribution in [3.8, 4) is 0 Å². The molecule has 0 aliphatic heterocycles. The molecule has 18 heavy (non-hydrogen) atoms. The molecule has 1 heteroatoms. The fraction of sp³-hybridized carbons (Fsp3) is 0. The minimum Gasteiger partial charge on any atom is -0.290 e. The monoisotopic (exact) mass is 230 g/mol. The fourth-order valence-electron chi connectivity index (χ4n) is 2.75. The van der Waals surface area contributed by atoms with E-state index in [0.29, 0.717) is 0 Å². The van der Waals surface area contributed by atoms with Crippen molar-refractivity contribution in [1.82, 2.24) is 0 Å². The molecule has 0 atom stereocenters. The van der Waals surface area contributed by atoms with Crippen LogP contribution < -0.4 is 10.4 Å². The Morgan fingerprint density at radius 1 is 0.667 bits per heavy atom. The molecule has 1 nitrogen and oxygen atoms in total. The van der Waals surface area contributed by atoms with Crippen molar-refractivity contribution in [2.75, 3.05) is 0 Å². The third kappa shape index (κ3) is 1.19. The molecule has 0 unspecified atom stereocenters. The van der Waals surface area contributed by atoms with Gasteiger partial charge < -0.3 is 0 Å². The Hall–Kier alpha value is -2.41. The quantitative estimate of drug-likeness (QED) is 0.541. The van der Waals surface area contributed by atoms with Gasteiger partial charge in [-0.1, -0.05) is 48.5 Å². The molecule has 0 fully saturated rings. The van der Waals surface area contributed by atoms with Gasteiger partial charge in [0.1, 0.15) is 0 Å². The van der Waals surface area contributed by atoms with Gasteiger partial charge >= 0.3 is 0 Å². The summed E-state index contributed by atoms with van der Waals surface area (Å²) < 4.78 is 0. The molecule has 1 aliphatic carbocycles. The topological polar surface area (TPSA) is 17.1 Å². The maximum absolute atomic E-state index is 11.5. The van der Waals surface area contributed by atoms with Crippen LogP contribution in [0.4, 0.5) is 0 Å². The van der Waals surface area contributed by atoms with Crippen LogP contribution in [0.3, 0.4) is 0 Å². The first kappa shape index (κ1) is 9.60. The number of Topliss-reactive ketones (excluding diaryl/α,β-unsaturated/α-hetero) is 1. The molecule has 0 saturated heterocycles. The van der Waals surface area contributed by atoms with E-state index in [0.717, 1.165) is 15.8 Å². The molecule has 0 spiro atoms. The molecular weight excluding hydrogens is 220 g/mol. The van der Waals surface area contributed by atoms with Crippen LogP contribution in [0.1, 0.15) is 0 Å². The van der Waals surface area contributed by atoms with E-state index in [1.54, 1.807) is 12.2 Å². The van der Waals surface area contributed by atoms with E-state index in [1.165, 1.54) is 16.2 Å². The zero-order valence-electron chi connectivity index (χ0n) is 9.68. The van der Waals surface area contributed by atoms with E-state index in [2.05, 4.69) is 36.4 Å². The Kier molecular flexibility index (Phi) is 1.76. The zero-order valence-corrected chi connectivity index (χ0v) is 9.68. The molecule has 0 N–H and O–H groups in total. The number of fused-ring (bicyclic) bond motifs is 5. The second-order valence-corrected chi connectivity index (χ2v) is 4.64. The summed E-state index contributed by atoms with van der Waals surface area (Å²) in [6.45, 7) is 0. The standard InChI is InChI=1S/C17H10O/c18-13-9-12-6-8-15-14-4-2-1-3-11(14)5-7-16(15)17(12)10-13/h1-10H. The average molecular weight is 230 g/mol. The molecule has 4 rings (SSSR count). The lowest BCUT2D eigenvalue weighted by Crippen LogP contribution is -2.21. The van der Waals surface area contributed by atoms with Crippen LogP contribution in [-0.4, -0.2) is 5.78 Å². The lowest BCUT2D eigenvalue weighted by atomic mass is 10.0. The second-order valence-electron chi connectivity index (χ2n) is 4.64. The van der Waals surface area contributed by atoms with E-state index in [9.17, 15) is 4.79 Å². The van der Waals surface area contributed by atoms with Gasteiger partial charge in [-0.05, 0) is 44.1 Å². The first-order valence-electron chi connectivity index (χ1n) is 6.01. The Balaban J connectivity index is 2.33. The summed E-state index contributed by atoms with van der Waals surface area (Å²) in [7, 11) is 0. The molecule has 3 aromatic carbocycles. The fourth-order valence-corrected chi connectivity index (χ4v) is 2.75. The normalized spacial score (nSPS) is 13.4.